The monoisotopic (exact) mass is 314 g/mol. The molecule has 1 heterocycles. The maximum atomic E-state index is 12.4. The predicted octanol–water partition coefficient (Wildman–Crippen LogP) is 1.85. The van der Waals surface area contributed by atoms with Gasteiger partial charge in [0.2, 0.25) is 10.0 Å². The molecule has 6 nitrogen and oxygen atoms in total. The number of nitrogens with one attached hydrogen (secondary N) is 1. The predicted molar refractivity (Wildman–Crippen MR) is 78.4 cm³/mol. The molecule has 0 spiro atoms. The number of aryl methyl sites for hydroxylation is 2. The topological polar surface area (TPSA) is 102 Å². The number of furan rings is 1. The lowest BCUT2D eigenvalue weighted by molar-refractivity contribution is 0.0918. The number of nitrogens with two attached hydrogens (primary N) is 1. The Kier molecular flexibility index (Phi) is 4.43. The molecule has 1 fully saturated rings. The Bertz CT molecular complexity index is 640. The molecule has 1 aromatic rings. The van der Waals surface area contributed by atoms with Crippen LogP contribution in [0.3, 0.4) is 0 Å². The van der Waals surface area contributed by atoms with Crippen LogP contribution in [-0.4, -0.2) is 20.4 Å². The molecular formula is C14H22N2O4S. The van der Waals surface area contributed by atoms with E-state index in [0.29, 0.717) is 5.92 Å². The number of rotatable bonds is 3. The van der Waals surface area contributed by atoms with Gasteiger partial charge in [0.05, 0.1) is 0 Å². The van der Waals surface area contributed by atoms with Crippen LogP contribution < -0.4 is 10.5 Å². The van der Waals surface area contributed by atoms with Gasteiger partial charge in [0.25, 0.3) is 5.91 Å². The van der Waals surface area contributed by atoms with Crippen LogP contribution in [0.1, 0.15) is 54.5 Å². The van der Waals surface area contributed by atoms with E-state index in [1.807, 2.05) is 0 Å². The number of amides is 1. The Hall–Kier alpha value is -1.34. The molecule has 0 bridgehead atoms. The molecule has 0 unspecified atom stereocenters. The highest BCUT2D eigenvalue weighted by Crippen LogP contribution is 2.27. The van der Waals surface area contributed by atoms with Crippen molar-refractivity contribution in [2.24, 2.45) is 11.1 Å². The van der Waals surface area contributed by atoms with E-state index in [1.165, 1.54) is 6.92 Å². The van der Waals surface area contributed by atoms with Gasteiger partial charge < -0.3 is 9.73 Å². The lowest BCUT2D eigenvalue weighted by Gasteiger charge is -2.26. The van der Waals surface area contributed by atoms with Gasteiger partial charge in [-0.15, -0.1) is 0 Å². The summed E-state index contributed by atoms with van der Waals surface area (Å²) in [5, 5.41) is 8.10. The summed E-state index contributed by atoms with van der Waals surface area (Å²) in [6, 6.07) is 0.0802. The molecular weight excluding hydrogens is 292 g/mol. The number of carbonyl (C=O) groups excluding carboxylic acids is 1. The van der Waals surface area contributed by atoms with Gasteiger partial charge in [0.15, 0.2) is 0 Å². The first-order chi connectivity index (χ1) is 9.70. The number of hydrogen-bond donors (Lipinski definition) is 2. The van der Waals surface area contributed by atoms with Gasteiger partial charge in [0, 0.05) is 6.04 Å². The minimum absolute atomic E-state index is 0.0358. The Morgan fingerprint density at radius 1 is 1.19 bits per heavy atom. The zero-order valence-electron chi connectivity index (χ0n) is 12.6. The van der Waals surface area contributed by atoms with Gasteiger partial charge in [-0.1, -0.05) is 6.92 Å². The van der Waals surface area contributed by atoms with E-state index < -0.39 is 15.9 Å². The molecule has 0 saturated heterocycles. The molecule has 0 atom stereocenters. The third-order valence-corrected chi connectivity index (χ3v) is 5.13. The fourth-order valence-corrected chi connectivity index (χ4v) is 3.89. The second-order valence-corrected chi connectivity index (χ2v) is 7.39. The molecule has 1 amide bonds. The second kappa shape index (κ2) is 5.81. The molecule has 2 rings (SSSR count). The zero-order chi connectivity index (χ0) is 15.8. The highest BCUT2D eigenvalue weighted by atomic mass is 32.2. The summed E-state index contributed by atoms with van der Waals surface area (Å²) in [5.41, 5.74) is 0.0358. The Balaban J connectivity index is 2.24. The molecule has 1 aromatic heterocycles. The highest BCUT2D eigenvalue weighted by Gasteiger charge is 2.30. The van der Waals surface area contributed by atoms with Gasteiger partial charge >= 0.3 is 0 Å². The first-order valence-corrected chi connectivity index (χ1v) is 8.68. The zero-order valence-corrected chi connectivity index (χ0v) is 13.4. The summed E-state index contributed by atoms with van der Waals surface area (Å²) in [4.78, 5) is 12.2. The Labute approximate surface area is 125 Å². The number of hydrogen-bond acceptors (Lipinski definition) is 4. The van der Waals surface area contributed by atoms with E-state index in [2.05, 4.69) is 12.2 Å². The van der Waals surface area contributed by atoms with Gasteiger partial charge in [-0.05, 0) is 45.4 Å². The van der Waals surface area contributed by atoms with Crippen LogP contribution >= 0.6 is 0 Å². The summed E-state index contributed by atoms with van der Waals surface area (Å²) in [6.45, 7) is 5.26. The molecule has 0 aromatic carbocycles. The standard InChI is InChI=1S/C14H22N2O4S/c1-8-4-6-11(7-5-8)16-14(17)12-9(2)20-10(3)13(12)21(15,18)19/h8,11H,4-7H2,1-3H3,(H,16,17)(H2,15,18,19). The van der Waals surface area contributed by atoms with E-state index in [9.17, 15) is 13.2 Å². The third-order valence-electron chi connectivity index (χ3n) is 4.07. The van der Waals surface area contributed by atoms with Crippen molar-refractivity contribution in [2.45, 2.75) is 57.4 Å². The summed E-state index contributed by atoms with van der Waals surface area (Å²) < 4.78 is 28.6. The van der Waals surface area contributed by atoms with Crippen LogP contribution in [0.15, 0.2) is 9.31 Å². The van der Waals surface area contributed by atoms with E-state index in [1.54, 1.807) is 6.92 Å². The second-order valence-electron chi connectivity index (χ2n) is 5.89. The van der Waals surface area contributed by atoms with E-state index in [4.69, 9.17) is 9.56 Å². The van der Waals surface area contributed by atoms with Crippen molar-refractivity contribution in [1.82, 2.24) is 5.32 Å². The number of primary sulfonamides is 1. The lowest BCUT2D eigenvalue weighted by Crippen LogP contribution is -2.38. The fourth-order valence-electron chi connectivity index (χ4n) is 2.93. The van der Waals surface area contributed by atoms with Gasteiger partial charge in [-0.3, -0.25) is 4.79 Å². The molecule has 118 valence electrons. The molecule has 0 radical (unpaired) electrons. The summed E-state index contributed by atoms with van der Waals surface area (Å²) >= 11 is 0. The van der Waals surface area contributed by atoms with Gasteiger partial charge in [-0.2, -0.15) is 0 Å². The molecule has 1 aliphatic rings. The maximum Gasteiger partial charge on any atom is 0.256 e. The summed E-state index contributed by atoms with van der Waals surface area (Å²) in [5.74, 6) is 0.680. The first-order valence-electron chi connectivity index (χ1n) is 7.13. The van der Waals surface area contributed by atoms with Crippen LogP contribution in [0.4, 0.5) is 0 Å². The normalized spacial score (nSPS) is 23.0. The van der Waals surface area contributed by atoms with Crippen molar-refractivity contribution in [3.05, 3.63) is 17.1 Å². The van der Waals surface area contributed by atoms with Gasteiger partial charge in [-0.25, -0.2) is 13.6 Å². The van der Waals surface area contributed by atoms with Crippen LogP contribution in [0.5, 0.6) is 0 Å². The van der Waals surface area contributed by atoms with Crippen molar-refractivity contribution in [2.75, 3.05) is 0 Å². The maximum absolute atomic E-state index is 12.4. The molecule has 1 saturated carbocycles. The SMILES string of the molecule is Cc1oc(C)c(S(N)(=O)=O)c1C(=O)NC1CCC(C)CC1. The van der Waals surface area contributed by atoms with Crippen molar-refractivity contribution >= 4 is 15.9 Å². The van der Waals surface area contributed by atoms with Crippen LogP contribution in [0.2, 0.25) is 0 Å². The smallest absolute Gasteiger partial charge is 0.256 e. The van der Waals surface area contributed by atoms with Crippen LogP contribution in [0, 0.1) is 19.8 Å². The van der Waals surface area contributed by atoms with Crippen molar-refractivity contribution < 1.29 is 17.6 Å². The molecule has 7 heteroatoms. The van der Waals surface area contributed by atoms with Crippen LogP contribution in [0.25, 0.3) is 0 Å². The van der Waals surface area contributed by atoms with E-state index >= 15 is 0 Å². The Morgan fingerprint density at radius 3 is 2.29 bits per heavy atom. The lowest BCUT2D eigenvalue weighted by atomic mass is 9.87. The Morgan fingerprint density at radius 2 is 1.76 bits per heavy atom. The van der Waals surface area contributed by atoms with Crippen molar-refractivity contribution in [3.63, 3.8) is 0 Å². The quantitative estimate of drug-likeness (QED) is 0.888. The van der Waals surface area contributed by atoms with Crippen molar-refractivity contribution in [1.29, 1.82) is 0 Å². The molecule has 3 N–H and O–H groups in total. The third kappa shape index (κ3) is 3.47. The number of sulfonamides is 1. The number of carbonyl (C=O) groups is 1. The van der Waals surface area contributed by atoms with Gasteiger partial charge in [0.1, 0.15) is 22.0 Å². The van der Waals surface area contributed by atoms with E-state index in [0.717, 1.165) is 25.7 Å². The molecule has 1 aliphatic carbocycles. The average Bonchev–Trinajstić information content (AvgIpc) is 2.67. The first kappa shape index (κ1) is 16.0. The van der Waals surface area contributed by atoms with Crippen LogP contribution in [-0.2, 0) is 10.0 Å². The van der Waals surface area contributed by atoms with E-state index in [-0.39, 0.29) is 28.0 Å². The van der Waals surface area contributed by atoms with Crippen molar-refractivity contribution in [3.8, 4) is 0 Å². The molecule has 21 heavy (non-hydrogen) atoms. The minimum atomic E-state index is -3.99. The fraction of sp³-hybridized carbons (Fsp3) is 0.643. The summed E-state index contributed by atoms with van der Waals surface area (Å²) in [6.07, 6.45) is 3.95. The largest absolute Gasteiger partial charge is 0.464 e. The summed E-state index contributed by atoms with van der Waals surface area (Å²) in [7, 11) is -3.99. The highest BCUT2D eigenvalue weighted by molar-refractivity contribution is 7.89. The molecule has 0 aliphatic heterocycles. The minimum Gasteiger partial charge on any atom is -0.464 e. The average molecular weight is 314 g/mol.